The van der Waals surface area contributed by atoms with Gasteiger partial charge in [-0.15, -0.1) is 0 Å². The Hall–Kier alpha value is -3.27. The zero-order valence-corrected chi connectivity index (χ0v) is 18.1. The number of piperazine rings is 1. The molecular formula is C22H26FN7O2. The van der Waals surface area contributed by atoms with Gasteiger partial charge in [-0.05, 0) is 26.7 Å². The third kappa shape index (κ3) is 3.97. The first-order chi connectivity index (χ1) is 15.5. The van der Waals surface area contributed by atoms with Crippen molar-refractivity contribution in [1.29, 1.82) is 0 Å². The van der Waals surface area contributed by atoms with Crippen LogP contribution in [0.5, 0.6) is 5.88 Å². The summed E-state index contributed by atoms with van der Waals surface area (Å²) in [7, 11) is 0. The molecule has 5 heterocycles. The number of anilines is 2. The molecule has 0 saturated carbocycles. The summed E-state index contributed by atoms with van der Waals surface area (Å²) in [6.45, 7) is 5.64. The van der Waals surface area contributed by atoms with Crippen molar-refractivity contribution in [2.24, 2.45) is 0 Å². The van der Waals surface area contributed by atoms with Crippen molar-refractivity contribution < 1.29 is 13.9 Å². The number of amides is 1. The molecule has 3 aromatic rings. The smallest absolute Gasteiger partial charge is 0.262 e. The van der Waals surface area contributed by atoms with Crippen LogP contribution in [0, 0.1) is 12.7 Å². The first-order valence-electron chi connectivity index (χ1n) is 11.0. The fourth-order valence-electron chi connectivity index (χ4n) is 4.53. The molecule has 2 aliphatic heterocycles. The van der Waals surface area contributed by atoms with Crippen LogP contribution >= 0.6 is 0 Å². The van der Waals surface area contributed by atoms with Crippen LogP contribution in [-0.2, 0) is 0 Å². The van der Waals surface area contributed by atoms with Crippen molar-refractivity contribution in [3.63, 3.8) is 0 Å². The maximum atomic E-state index is 14.4. The number of ether oxygens (including phenoxy) is 1. The highest BCUT2D eigenvalue weighted by atomic mass is 19.1. The second kappa shape index (κ2) is 8.34. The molecule has 0 radical (unpaired) electrons. The van der Waals surface area contributed by atoms with E-state index in [0.717, 1.165) is 25.9 Å². The van der Waals surface area contributed by atoms with Gasteiger partial charge < -0.3 is 24.7 Å². The lowest BCUT2D eigenvalue weighted by molar-refractivity contribution is 0.102. The molecule has 0 aliphatic carbocycles. The molecule has 0 aromatic carbocycles. The minimum absolute atomic E-state index is 0.202. The highest BCUT2D eigenvalue weighted by Crippen LogP contribution is 2.26. The predicted octanol–water partition coefficient (Wildman–Crippen LogP) is 2.55. The molecule has 2 unspecified atom stereocenters. The second-order valence-corrected chi connectivity index (χ2v) is 8.36. The Bertz CT molecular complexity index is 1150. The number of imidazole rings is 1. The van der Waals surface area contributed by atoms with Crippen molar-refractivity contribution in [1.82, 2.24) is 24.7 Å². The number of halogens is 1. The third-order valence-corrected chi connectivity index (χ3v) is 5.89. The maximum Gasteiger partial charge on any atom is 0.262 e. The van der Waals surface area contributed by atoms with E-state index in [1.54, 1.807) is 23.7 Å². The summed E-state index contributed by atoms with van der Waals surface area (Å²) in [6, 6.07) is 2.11. The molecule has 2 atom stereocenters. The first-order valence-corrected chi connectivity index (χ1v) is 11.0. The van der Waals surface area contributed by atoms with E-state index in [-0.39, 0.29) is 17.1 Å². The zero-order valence-electron chi connectivity index (χ0n) is 18.1. The first kappa shape index (κ1) is 20.6. The molecule has 32 heavy (non-hydrogen) atoms. The highest BCUT2D eigenvalue weighted by molar-refractivity contribution is 6.05. The van der Waals surface area contributed by atoms with Gasteiger partial charge in [0.25, 0.3) is 5.91 Å². The van der Waals surface area contributed by atoms with Gasteiger partial charge in [0.15, 0.2) is 11.5 Å². The summed E-state index contributed by atoms with van der Waals surface area (Å²) in [4.78, 5) is 28.3. The number of piperidine rings is 1. The van der Waals surface area contributed by atoms with Gasteiger partial charge in [-0.3, -0.25) is 4.79 Å². The number of nitrogens with one attached hydrogen (secondary N) is 2. The summed E-state index contributed by atoms with van der Waals surface area (Å²) in [5.41, 5.74) is 1.41. The standard InChI is InChI=1S/C22H26FN7O2/c1-3-32-21-17(8-24-22(28-21)30-10-14-5-4-6-15(11-30)26-14)20(31)27-16-7-18(23)19-25-13(2)9-29(19)12-16/h7-9,12,14-15,26H,3-6,10-11H2,1-2H3,(H,27,31). The minimum Gasteiger partial charge on any atom is -0.477 e. The number of aryl methyl sites for hydroxylation is 1. The molecule has 5 rings (SSSR count). The van der Waals surface area contributed by atoms with Crippen LogP contribution < -0.4 is 20.3 Å². The number of hydrogen-bond donors (Lipinski definition) is 2. The van der Waals surface area contributed by atoms with Crippen LogP contribution in [-0.4, -0.2) is 57.0 Å². The average Bonchev–Trinajstić information content (AvgIpc) is 3.14. The molecule has 2 bridgehead atoms. The number of rotatable bonds is 5. The zero-order chi connectivity index (χ0) is 22.2. The molecule has 0 spiro atoms. The Balaban J connectivity index is 1.39. The van der Waals surface area contributed by atoms with Crippen LogP contribution in [0.2, 0.25) is 0 Å². The topological polar surface area (TPSA) is 96.7 Å². The third-order valence-electron chi connectivity index (χ3n) is 5.89. The molecular weight excluding hydrogens is 413 g/mol. The molecule has 2 aliphatic rings. The van der Waals surface area contributed by atoms with Crippen LogP contribution in [0.1, 0.15) is 42.2 Å². The lowest BCUT2D eigenvalue weighted by atomic mass is 9.94. The van der Waals surface area contributed by atoms with E-state index in [2.05, 4.69) is 30.5 Å². The van der Waals surface area contributed by atoms with E-state index in [1.165, 1.54) is 18.7 Å². The van der Waals surface area contributed by atoms with Gasteiger partial charge in [0.2, 0.25) is 11.8 Å². The summed E-state index contributed by atoms with van der Waals surface area (Å²) in [5.74, 6) is -0.201. The minimum atomic E-state index is -0.517. The summed E-state index contributed by atoms with van der Waals surface area (Å²) in [6.07, 6.45) is 8.32. The van der Waals surface area contributed by atoms with Crippen molar-refractivity contribution in [3.8, 4) is 5.88 Å². The summed E-state index contributed by atoms with van der Waals surface area (Å²) < 4.78 is 21.6. The molecule has 3 aromatic heterocycles. The molecule has 10 heteroatoms. The SMILES string of the molecule is CCOc1nc(N2CC3CCCC(C2)N3)ncc1C(=O)Nc1cc(F)c2nc(C)cn2c1. The summed E-state index contributed by atoms with van der Waals surface area (Å²) >= 11 is 0. The molecule has 9 nitrogen and oxygen atoms in total. The van der Waals surface area contributed by atoms with E-state index in [0.29, 0.717) is 36.0 Å². The fraction of sp³-hybridized carbons (Fsp3) is 0.455. The van der Waals surface area contributed by atoms with E-state index < -0.39 is 11.7 Å². The lowest BCUT2D eigenvalue weighted by Crippen LogP contribution is -2.59. The molecule has 2 N–H and O–H groups in total. The van der Waals surface area contributed by atoms with Crippen LogP contribution in [0.15, 0.2) is 24.7 Å². The Labute approximate surface area is 185 Å². The van der Waals surface area contributed by atoms with Gasteiger partial charge in [-0.1, -0.05) is 6.42 Å². The van der Waals surface area contributed by atoms with E-state index in [1.807, 2.05) is 6.92 Å². The Kier molecular flexibility index (Phi) is 5.38. The van der Waals surface area contributed by atoms with Crippen molar-refractivity contribution in [2.45, 2.75) is 45.2 Å². The Morgan fingerprint density at radius 2 is 2.06 bits per heavy atom. The van der Waals surface area contributed by atoms with E-state index in [9.17, 15) is 9.18 Å². The van der Waals surface area contributed by atoms with Gasteiger partial charge in [0, 0.05) is 49.8 Å². The largest absolute Gasteiger partial charge is 0.477 e. The van der Waals surface area contributed by atoms with Crippen molar-refractivity contribution in [2.75, 3.05) is 29.9 Å². The van der Waals surface area contributed by atoms with Gasteiger partial charge in [0.05, 0.1) is 18.0 Å². The fourth-order valence-corrected chi connectivity index (χ4v) is 4.53. The van der Waals surface area contributed by atoms with Gasteiger partial charge >= 0.3 is 0 Å². The van der Waals surface area contributed by atoms with E-state index in [4.69, 9.17) is 4.74 Å². The molecule has 2 fully saturated rings. The van der Waals surface area contributed by atoms with Gasteiger partial charge in [0.1, 0.15) is 5.56 Å². The highest BCUT2D eigenvalue weighted by Gasteiger charge is 2.31. The monoisotopic (exact) mass is 439 g/mol. The number of aromatic nitrogens is 4. The average molecular weight is 439 g/mol. The number of carbonyl (C=O) groups excluding carboxylic acids is 1. The number of fused-ring (bicyclic) bond motifs is 3. The maximum absolute atomic E-state index is 14.4. The molecule has 168 valence electrons. The van der Waals surface area contributed by atoms with Crippen LogP contribution in [0.3, 0.4) is 0 Å². The quantitative estimate of drug-likeness (QED) is 0.631. The van der Waals surface area contributed by atoms with Gasteiger partial charge in [-0.2, -0.15) is 4.98 Å². The number of pyridine rings is 1. The van der Waals surface area contributed by atoms with Crippen LogP contribution in [0.4, 0.5) is 16.0 Å². The second-order valence-electron chi connectivity index (χ2n) is 8.36. The van der Waals surface area contributed by atoms with Crippen molar-refractivity contribution >= 4 is 23.2 Å². The molecule has 1 amide bonds. The number of nitrogens with zero attached hydrogens (tertiary/aromatic N) is 5. The van der Waals surface area contributed by atoms with Crippen LogP contribution in [0.25, 0.3) is 5.65 Å². The predicted molar refractivity (Wildman–Crippen MR) is 118 cm³/mol. The van der Waals surface area contributed by atoms with Gasteiger partial charge in [-0.25, -0.2) is 14.4 Å². The lowest BCUT2D eigenvalue weighted by Gasteiger charge is -2.42. The Morgan fingerprint density at radius 3 is 2.81 bits per heavy atom. The number of carbonyl (C=O) groups is 1. The number of hydrogen-bond acceptors (Lipinski definition) is 7. The molecule has 2 saturated heterocycles. The Morgan fingerprint density at radius 1 is 1.28 bits per heavy atom. The summed E-state index contributed by atoms with van der Waals surface area (Å²) in [5, 5.41) is 6.36. The normalized spacial score (nSPS) is 20.4. The van der Waals surface area contributed by atoms with E-state index >= 15 is 0 Å². The van der Waals surface area contributed by atoms with Crippen molar-refractivity contribution in [3.05, 3.63) is 41.7 Å².